The molecule has 0 spiro atoms. The van der Waals surface area contributed by atoms with Crippen molar-refractivity contribution in [2.24, 2.45) is 0 Å². The van der Waals surface area contributed by atoms with Crippen molar-refractivity contribution in [2.45, 2.75) is 65.0 Å². The van der Waals surface area contributed by atoms with Crippen LogP contribution in [-0.4, -0.2) is 66.1 Å². The van der Waals surface area contributed by atoms with Crippen LogP contribution in [0.15, 0.2) is 18.2 Å². The van der Waals surface area contributed by atoms with Crippen molar-refractivity contribution in [1.82, 2.24) is 0 Å². The monoisotopic (exact) mass is 561 g/mol. The average Bonchev–Trinajstić information content (AvgIpc) is 2.80. The average molecular weight is 561 g/mol. The number of ether oxygens (including phenoxy) is 5. The van der Waals surface area contributed by atoms with E-state index in [1.54, 1.807) is 0 Å². The minimum atomic E-state index is -4.56. The highest BCUT2D eigenvalue weighted by Gasteiger charge is 2.57. The van der Waals surface area contributed by atoms with Gasteiger partial charge in [0.15, 0.2) is 18.0 Å². The summed E-state index contributed by atoms with van der Waals surface area (Å²) in [4.78, 5) is 70.8. The minimum absolute atomic E-state index is 0.0446. The van der Waals surface area contributed by atoms with Gasteiger partial charge in [0, 0.05) is 45.4 Å². The van der Waals surface area contributed by atoms with Crippen LogP contribution < -0.4 is 9.42 Å². The van der Waals surface area contributed by atoms with E-state index in [-0.39, 0.29) is 17.0 Å². The van der Waals surface area contributed by atoms with Crippen molar-refractivity contribution in [1.29, 1.82) is 0 Å². The highest BCUT2D eigenvalue weighted by atomic mass is 31.2. The van der Waals surface area contributed by atoms with Gasteiger partial charge < -0.3 is 28.6 Å². The number of nitro groups is 1. The van der Waals surface area contributed by atoms with Gasteiger partial charge >= 0.3 is 32.0 Å². The molecule has 0 radical (unpaired) electrons. The van der Waals surface area contributed by atoms with E-state index >= 15 is 0 Å². The van der Waals surface area contributed by atoms with Crippen LogP contribution in [0.3, 0.4) is 0 Å². The molecule has 38 heavy (non-hydrogen) atoms. The molecule has 3 rings (SSSR count). The summed E-state index contributed by atoms with van der Waals surface area (Å²) in [6.45, 7) is 3.21. The molecule has 1 aromatic carbocycles. The first-order valence-corrected chi connectivity index (χ1v) is 12.4. The number of hydrogen-bond donors (Lipinski definition) is 0. The van der Waals surface area contributed by atoms with Gasteiger partial charge in [0.25, 0.3) is 5.69 Å². The minimum Gasteiger partial charge on any atom is -0.598 e. The lowest BCUT2D eigenvalue weighted by Crippen LogP contribution is -2.63. The molecule has 1 aromatic rings. The van der Waals surface area contributed by atoms with Crippen LogP contribution in [0, 0.1) is 10.1 Å². The zero-order chi connectivity index (χ0) is 28.2. The van der Waals surface area contributed by atoms with E-state index in [0.29, 0.717) is 0 Å². The van der Waals surface area contributed by atoms with Crippen molar-refractivity contribution in [3.63, 3.8) is 0 Å². The summed E-state index contributed by atoms with van der Waals surface area (Å²) in [6, 6.07) is 3.47. The van der Waals surface area contributed by atoms with Gasteiger partial charge in [0.2, 0.25) is 12.4 Å². The fourth-order valence-electron chi connectivity index (χ4n) is 3.62. The number of benzene rings is 1. The summed E-state index contributed by atoms with van der Waals surface area (Å²) in [6.07, 6.45) is -7.90. The SMILES string of the molecule is CC(=O)OC[C@H]1OC(OC(C)=O)[C@@H](OC(C)=O)[C@@H](OC(C)=O)[C@@H]1O[P+]1([O-])OCc2cc([N+](=O)[O-])ccc2O1. The normalized spacial score (nSPS) is 28.2. The Labute approximate surface area is 215 Å². The van der Waals surface area contributed by atoms with Crippen LogP contribution in [0.2, 0.25) is 0 Å². The lowest BCUT2D eigenvalue weighted by molar-refractivity contribution is -0.385. The van der Waals surface area contributed by atoms with Gasteiger partial charge in [-0.25, -0.2) is 0 Å². The maximum absolute atomic E-state index is 13.5. The summed E-state index contributed by atoms with van der Waals surface area (Å²) in [5.74, 6) is -3.40. The summed E-state index contributed by atoms with van der Waals surface area (Å²) in [5.41, 5.74) is -0.0544. The summed E-state index contributed by atoms with van der Waals surface area (Å²) in [7, 11) is -4.56. The molecule has 0 aliphatic carbocycles. The van der Waals surface area contributed by atoms with E-state index in [4.69, 9.17) is 37.3 Å². The molecule has 2 aliphatic heterocycles. The predicted molar refractivity (Wildman–Crippen MR) is 118 cm³/mol. The summed E-state index contributed by atoms with van der Waals surface area (Å²) >= 11 is 0. The molecule has 2 heterocycles. The zero-order valence-electron chi connectivity index (χ0n) is 20.6. The van der Waals surface area contributed by atoms with E-state index in [0.717, 1.165) is 39.8 Å². The number of nitro benzene ring substituents is 1. The lowest BCUT2D eigenvalue weighted by Gasteiger charge is -2.44. The first-order chi connectivity index (χ1) is 17.8. The Kier molecular flexibility index (Phi) is 9.17. The van der Waals surface area contributed by atoms with Crippen LogP contribution in [0.5, 0.6) is 5.75 Å². The van der Waals surface area contributed by atoms with Gasteiger partial charge in [-0.1, -0.05) is 0 Å². The van der Waals surface area contributed by atoms with Crippen LogP contribution in [0.1, 0.15) is 33.3 Å². The van der Waals surface area contributed by atoms with Crippen LogP contribution >= 0.6 is 8.17 Å². The second kappa shape index (κ2) is 12.0. The fraction of sp³-hybridized carbons (Fsp3) is 0.524. The molecule has 2 aliphatic rings. The first-order valence-electron chi connectivity index (χ1n) is 11.0. The number of rotatable bonds is 8. The van der Waals surface area contributed by atoms with Crippen molar-refractivity contribution < 1.29 is 66.3 Å². The Morgan fingerprint density at radius 1 is 0.974 bits per heavy atom. The second-order valence-corrected chi connectivity index (χ2v) is 9.58. The molecule has 0 amide bonds. The third-order valence-corrected chi connectivity index (χ3v) is 6.39. The Morgan fingerprint density at radius 2 is 1.61 bits per heavy atom. The zero-order valence-corrected chi connectivity index (χ0v) is 21.4. The van der Waals surface area contributed by atoms with Crippen molar-refractivity contribution >= 4 is 37.7 Å². The van der Waals surface area contributed by atoms with Crippen molar-refractivity contribution in [3.05, 3.63) is 33.9 Å². The molecule has 1 fully saturated rings. The molecule has 2 unspecified atom stereocenters. The third-order valence-electron chi connectivity index (χ3n) is 5.02. The maximum Gasteiger partial charge on any atom is 0.429 e. The Hall–Kier alpha value is -3.43. The van der Waals surface area contributed by atoms with E-state index in [9.17, 15) is 34.2 Å². The molecular formula is C21H24NO15P. The molecule has 16 nitrogen and oxygen atoms in total. The molecule has 0 N–H and O–H groups in total. The van der Waals surface area contributed by atoms with Gasteiger partial charge in [-0.05, 0) is 6.07 Å². The summed E-state index contributed by atoms with van der Waals surface area (Å²) in [5, 5.41) is 11.0. The number of phosphoric ester groups is 1. The van der Waals surface area contributed by atoms with E-state index in [2.05, 4.69) is 0 Å². The number of fused-ring (bicyclic) bond motifs is 1. The second-order valence-electron chi connectivity index (χ2n) is 8.03. The fourth-order valence-corrected chi connectivity index (χ4v) is 5.04. The number of hydrogen-bond acceptors (Lipinski definition) is 15. The molecule has 0 saturated carbocycles. The van der Waals surface area contributed by atoms with Crippen molar-refractivity contribution in [2.75, 3.05) is 6.61 Å². The van der Waals surface area contributed by atoms with Crippen molar-refractivity contribution in [3.8, 4) is 5.75 Å². The van der Waals surface area contributed by atoms with Gasteiger partial charge in [-0.3, -0.25) is 33.8 Å². The molecule has 208 valence electrons. The van der Waals surface area contributed by atoms with E-state index in [1.807, 2.05) is 0 Å². The molecule has 6 atom stereocenters. The Bertz CT molecular complexity index is 1110. The third kappa shape index (κ3) is 7.33. The quantitative estimate of drug-likeness (QED) is 0.140. The number of nitrogens with zero attached hydrogens (tertiary/aromatic N) is 1. The largest absolute Gasteiger partial charge is 0.598 e. The first kappa shape index (κ1) is 29.1. The topological polar surface area (TPSA) is 208 Å². The lowest BCUT2D eigenvalue weighted by atomic mass is 9.98. The number of esters is 4. The molecule has 17 heteroatoms. The van der Waals surface area contributed by atoms with E-state index in [1.165, 1.54) is 6.07 Å². The number of phosphoric acid groups is 1. The standard InChI is InChI=1S/C21H24NO15P/c1-10(23)30-9-17-18(19(32-11(2)24)20(33-12(3)25)21(35-17)34-13(4)26)37-38(29)31-8-14-7-15(22(27)28)5-6-16(14)36-38/h5-7,17-21H,8-9H2,1-4H3/t17-,18-,19+,20+,21?,38?/m1/s1. The van der Waals surface area contributed by atoms with E-state index < -0.39 is 80.9 Å². The molecular weight excluding hydrogens is 537 g/mol. The molecule has 0 bridgehead atoms. The van der Waals surface area contributed by atoms with Gasteiger partial charge in [-0.15, -0.1) is 0 Å². The van der Waals surface area contributed by atoms with Crippen LogP contribution in [0.25, 0.3) is 0 Å². The van der Waals surface area contributed by atoms with Gasteiger partial charge in [0.05, 0.1) is 4.92 Å². The van der Waals surface area contributed by atoms with Crippen LogP contribution in [-0.2, 0) is 58.5 Å². The highest BCUT2D eigenvalue weighted by Crippen LogP contribution is 2.60. The Balaban J connectivity index is 1.97. The predicted octanol–water partition coefficient (Wildman–Crippen LogP) is 0.641. The molecule has 0 aromatic heterocycles. The maximum atomic E-state index is 13.5. The number of carbonyl (C=O) groups is 4. The highest BCUT2D eigenvalue weighted by molar-refractivity contribution is 7.54. The smallest absolute Gasteiger partial charge is 0.429 e. The number of non-ortho nitro benzene ring substituents is 1. The summed E-state index contributed by atoms with van der Waals surface area (Å²) < 4.78 is 42.5. The molecule has 1 saturated heterocycles. The Morgan fingerprint density at radius 3 is 2.18 bits per heavy atom. The van der Waals surface area contributed by atoms with Gasteiger partial charge in [-0.2, -0.15) is 9.05 Å². The van der Waals surface area contributed by atoms with Gasteiger partial charge in [0.1, 0.15) is 19.3 Å². The van der Waals surface area contributed by atoms with Crippen LogP contribution in [0.4, 0.5) is 5.69 Å². The number of carbonyl (C=O) groups excluding carboxylic acids is 4.